The molecule has 0 spiro atoms. The number of hydrogen-bond donors (Lipinski definition) is 1. The molecule has 1 atom stereocenters. The summed E-state index contributed by atoms with van der Waals surface area (Å²) in [6.07, 6.45) is 0. The molecule has 2 heteroatoms. The number of nitrogens with two attached hydrogens (primary N) is 1. The Balaban J connectivity index is 4.41. The number of likely N-dealkylation sites (N-methyl/N-ethyl adjacent to an activating group) is 1. The Bertz CT molecular complexity index is 148. The first-order valence-corrected chi connectivity index (χ1v) is 3.88. The Kier molecular flexibility index (Phi) is 3.27. The topological polar surface area (TPSA) is 29.3 Å². The van der Waals surface area contributed by atoms with Gasteiger partial charge in [-0.15, -0.1) is 0 Å². The minimum atomic E-state index is -0.00810. The standard InChI is InChI=1S/C9H20N2/c1-7(2)8(10)9(3,4)11(5)6/h8H,1,10H2,2-6H3. The van der Waals surface area contributed by atoms with Gasteiger partial charge in [-0.05, 0) is 34.9 Å². The second-order valence-electron chi connectivity index (χ2n) is 3.87. The molecule has 11 heavy (non-hydrogen) atoms. The Morgan fingerprint density at radius 3 is 1.91 bits per heavy atom. The summed E-state index contributed by atoms with van der Waals surface area (Å²) in [7, 11) is 4.06. The summed E-state index contributed by atoms with van der Waals surface area (Å²) in [5.41, 5.74) is 6.98. The van der Waals surface area contributed by atoms with Crippen LogP contribution in [0.2, 0.25) is 0 Å². The van der Waals surface area contributed by atoms with Gasteiger partial charge >= 0.3 is 0 Å². The third kappa shape index (κ3) is 2.31. The van der Waals surface area contributed by atoms with Crippen molar-refractivity contribution >= 4 is 0 Å². The quantitative estimate of drug-likeness (QED) is 0.623. The van der Waals surface area contributed by atoms with Crippen LogP contribution in [-0.4, -0.2) is 30.6 Å². The van der Waals surface area contributed by atoms with Crippen LogP contribution in [0.25, 0.3) is 0 Å². The fourth-order valence-corrected chi connectivity index (χ4v) is 0.881. The van der Waals surface area contributed by atoms with Gasteiger partial charge in [0.05, 0.1) is 0 Å². The first-order chi connectivity index (χ1) is 4.80. The van der Waals surface area contributed by atoms with Crippen molar-refractivity contribution in [2.45, 2.75) is 32.4 Å². The molecule has 2 nitrogen and oxygen atoms in total. The molecule has 0 aromatic carbocycles. The minimum Gasteiger partial charge on any atom is -0.323 e. The van der Waals surface area contributed by atoms with E-state index in [1.165, 1.54) is 0 Å². The van der Waals surface area contributed by atoms with Crippen LogP contribution < -0.4 is 5.73 Å². The molecule has 0 aliphatic heterocycles. The molecule has 0 radical (unpaired) electrons. The lowest BCUT2D eigenvalue weighted by atomic mass is 9.89. The molecule has 2 N–H and O–H groups in total. The second-order valence-corrected chi connectivity index (χ2v) is 3.87. The largest absolute Gasteiger partial charge is 0.323 e. The van der Waals surface area contributed by atoms with Gasteiger partial charge in [-0.25, -0.2) is 0 Å². The van der Waals surface area contributed by atoms with E-state index in [9.17, 15) is 0 Å². The van der Waals surface area contributed by atoms with Crippen molar-refractivity contribution in [2.75, 3.05) is 14.1 Å². The zero-order chi connectivity index (χ0) is 9.23. The summed E-state index contributed by atoms with van der Waals surface area (Å²) in [6.45, 7) is 10.1. The zero-order valence-corrected chi connectivity index (χ0v) is 8.31. The van der Waals surface area contributed by atoms with E-state index in [0.717, 1.165) is 5.57 Å². The molecule has 0 saturated carbocycles. The highest BCUT2D eigenvalue weighted by Crippen LogP contribution is 2.18. The number of hydrogen-bond acceptors (Lipinski definition) is 2. The third-order valence-corrected chi connectivity index (χ3v) is 2.44. The Labute approximate surface area is 70.1 Å². The molecule has 0 aliphatic carbocycles. The SMILES string of the molecule is C=C(C)C(N)C(C)(C)N(C)C. The molecule has 0 bridgehead atoms. The zero-order valence-electron chi connectivity index (χ0n) is 8.31. The highest BCUT2D eigenvalue weighted by atomic mass is 15.2. The summed E-state index contributed by atoms with van der Waals surface area (Å²) in [5, 5.41) is 0. The molecular formula is C9H20N2. The van der Waals surface area contributed by atoms with Gasteiger partial charge in [0.15, 0.2) is 0 Å². The van der Waals surface area contributed by atoms with Crippen LogP contribution in [0, 0.1) is 0 Å². The van der Waals surface area contributed by atoms with E-state index in [-0.39, 0.29) is 11.6 Å². The maximum atomic E-state index is 5.95. The van der Waals surface area contributed by atoms with E-state index >= 15 is 0 Å². The lowest BCUT2D eigenvalue weighted by Gasteiger charge is -2.38. The summed E-state index contributed by atoms with van der Waals surface area (Å²) in [5.74, 6) is 0. The van der Waals surface area contributed by atoms with Crippen LogP contribution in [0.1, 0.15) is 20.8 Å². The number of rotatable bonds is 3. The van der Waals surface area contributed by atoms with Gasteiger partial charge in [0.25, 0.3) is 0 Å². The molecule has 0 rings (SSSR count). The van der Waals surface area contributed by atoms with Gasteiger partial charge in [0.2, 0.25) is 0 Å². The summed E-state index contributed by atoms with van der Waals surface area (Å²) in [6, 6.07) is 0.0394. The average Bonchev–Trinajstić information content (AvgIpc) is 1.85. The monoisotopic (exact) mass is 156 g/mol. The van der Waals surface area contributed by atoms with E-state index in [1.807, 2.05) is 21.0 Å². The molecule has 0 amide bonds. The highest BCUT2D eigenvalue weighted by molar-refractivity contribution is 5.09. The fraction of sp³-hybridized carbons (Fsp3) is 0.778. The van der Waals surface area contributed by atoms with Crippen molar-refractivity contribution in [1.29, 1.82) is 0 Å². The first-order valence-electron chi connectivity index (χ1n) is 3.88. The number of nitrogens with zero attached hydrogens (tertiary/aromatic N) is 1. The van der Waals surface area contributed by atoms with E-state index in [4.69, 9.17) is 5.73 Å². The second kappa shape index (κ2) is 3.37. The summed E-state index contributed by atoms with van der Waals surface area (Å²) >= 11 is 0. The molecule has 1 unspecified atom stereocenters. The van der Waals surface area contributed by atoms with Crippen LogP contribution in [0.4, 0.5) is 0 Å². The van der Waals surface area contributed by atoms with Crippen LogP contribution in [0.15, 0.2) is 12.2 Å². The molecule has 0 saturated heterocycles. The van der Waals surface area contributed by atoms with Gasteiger partial charge in [-0.1, -0.05) is 12.2 Å². The molecule has 66 valence electrons. The normalized spacial score (nSPS) is 15.2. The maximum Gasteiger partial charge on any atom is 0.0430 e. The Morgan fingerprint density at radius 2 is 1.82 bits per heavy atom. The molecule has 0 aromatic rings. The smallest absolute Gasteiger partial charge is 0.0430 e. The van der Waals surface area contributed by atoms with Gasteiger partial charge in [-0.3, -0.25) is 0 Å². The molecule has 0 aromatic heterocycles. The first kappa shape index (κ1) is 10.7. The van der Waals surface area contributed by atoms with Crippen molar-refractivity contribution in [3.8, 4) is 0 Å². The van der Waals surface area contributed by atoms with E-state index < -0.39 is 0 Å². The van der Waals surface area contributed by atoms with E-state index in [0.29, 0.717) is 0 Å². The molecule has 0 fully saturated rings. The van der Waals surface area contributed by atoms with Crippen molar-refractivity contribution < 1.29 is 0 Å². The van der Waals surface area contributed by atoms with Crippen LogP contribution in [-0.2, 0) is 0 Å². The van der Waals surface area contributed by atoms with E-state index in [2.05, 4.69) is 25.3 Å². The summed E-state index contributed by atoms with van der Waals surface area (Å²) in [4.78, 5) is 2.12. The van der Waals surface area contributed by atoms with Crippen LogP contribution >= 0.6 is 0 Å². The molecule has 0 aliphatic rings. The van der Waals surface area contributed by atoms with Gasteiger partial charge in [-0.2, -0.15) is 0 Å². The van der Waals surface area contributed by atoms with E-state index in [1.54, 1.807) is 0 Å². The van der Waals surface area contributed by atoms with Gasteiger partial charge in [0, 0.05) is 11.6 Å². The van der Waals surface area contributed by atoms with Crippen LogP contribution in [0.3, 0.4) is 0 Å². The molecular weight excluding hydrogens is 136 g/mol. The van der Waals surface area contributed by atoms with Crippen LogP contribution in [0.5, 0.6) is 0 Å². The molecule has 0 heterocycles. The van der Waals surface area contributed by atoms with Crippen molar-refractivity contribution in [3.63, 3.8) is 0 Å². The lowest BCUT2D eigenvalue weighted by Crippen LogP contribution is -2.53. The predicted octanol–water partition coefficient (Wildman–Crippen LogP) is 1.23. The van der Waals surface area contributed by atoms with Crippen molar-refractivity contribution in [3.05, 3.63) is 12.2 Å². The maximum absolute atomic E-state index is 5.95. The van der Waals surface area contributed by atoms with Gasteiger partial charge < -0.3 is 10.6 Å². The Hall–Kier alpha value is -0.340. The summed E-state index contributed by atoms with van der Waals surface area (Å²) < 4.78 is 0. The third-order valence-electron chi connectivity index (χ3n) is 2.44. The minimum absolute atomic E-state index is 0.00810. The van der Waals surface area contributed by atoms with Crippen molar-refractivity contribution in [2.24, 2.45) is 5.73 Å². The van der Waals surface area contributed by atoms with Crippen molar-refractivity contribution in [1.82, 2.24) is 4.90 Å². The lowest BCUT2D eigenvalue weighted by molar-refractivity contribution is 0.173. The average molecular weight is 156 g/mol. The fourth-order valence-electron chi connectivity index (χ4n) is 0.881. The van der Waals surface area contributed by atoms with Gasteiger partial charge in [0.1, 0.15) is 0 Å². The highest BCUT2D eigenvalue weighted by Gasteiger charge is 2.28. The predicted molar refractivity (Wildman–Crippen MR) is 50.6 cm³/mol. The Morgan fingerprint density at radius 1 is 1.45 bits per heavy atom.